The number of hydrogen-bond acceptors (Lipinski definition) is 6. The zero-order valence-electron chi connectivity index (χ0n) is 11.7. The van der Waals surface area contributed by atoms with E-state index in [-0.39, 0.29) is 17.9 Å². The van der Waals surface area contributed by atoms with Crippen LogP contribution in [0.25, 0.3) is 0 Å². The highest BCUT2D eigenvalue weighted by Crippen LogP contribution is 2.18. The first kappa shape index (κ1) is 16.3. The molecule has 1 amide bonds. The van der Waals surface area contributed by atoms with Gasteiger partial charge in [0, 0.05) is 19.9 Å². The molecule has 0 aliphatic rings. The number of amides is 1. The second-order valence-electron chi connectivity index (χ2n) is 4.19. The summed E-state index contributed by atoms with van der Waals surface area (Å²) in [5.41, 5.74) is 0.212. The molecular formula is C12H16N4O5. The number of methoxy groups -OCH3 is 1. The van der Waals surface area contributed by atoms with Gasteiger partial charge in [-0.05, 0) is 9.91 Å². The maximum atomic E-state index is 11.7. The van der Waals surface area contributed by atoms with Gasteiger partial charge in [-0.15, -0.1) is 6.58 Å². The fourth-order valence-corrected chi connectivity index (χ4v) is 1.83. The zero-order valence-corrected chi connectivity index (χ0v) is 11.7. The Balaban J connectivity index is 3.13. The third kappa shape index (κ3) is 4.13. The normalized spacial score (nSPS) is 11.5. The van der Waals surface area contributed by atoms with E-state index in [9.17, 15) is 19.7 Å². The monoisotopic (exact) mass is 296 g/mol. The van der Waals surface area contributed by atoms with Crippen LogP contribution in [0.1, 0.15) is 12.6 Å². The molecule has 21 heavy (non-hydrogen) atoms. The number of imidazole rings is 1. The van der Waals surface area contributed by atoms with Gasteiger partial charge in [-0.3, -0.25) is 4.79 Å². The summed E-state index contributed by atoms with van der Waals surface area (Å²) in [5.74, 6) is -1.50. The summed E-state index contributed by atoms with van der Waals surface area (Å²) in [6.45, 7) is 5.09. The molecule has 9 nitrogen and oxygen atoms in total. The van der Waals surface area contributed by atoms with Gasteiger partial charge in [-0.1, -0.05) is 6.08 Å². The number of nitrogens with one attached hydrogen (secondary N) is 1. The van der Waals surface area contributed by atoms with Gasteiger partial charge in [-0.2, -0.15) is 0 Å². The molecule has 1 heterocycles. The van der Waals surface area contributed by atoms with Crippen LogP contribution < -0.4 is 5.32 Å². The van der Waals surface area contributed by atoms with Crippen molar-refractivity contribution < 1.29 is 19.2 Å². The molecule has 0 spiro atoms. The van der Waals surface area contributed by atoms with Crippen LogP contribution in [-0.4, -0.2) is 39.5 Å². The quantitative estimate of drug-likeness (QED) is 0.332. The van der Waals surface area contributed by atoms with E-state index in [4.69, 9.17) is 0 Å². The van der Waals surface area contributed by atoms with E-state index in [0.717, 1.165) is 0 Å². The number of carbonyl (C=O) groups excluding carboxylic acids is 2. The van der Waals surface area contributed by atoms with Crippen molar-refractivity contribution >= 4 is 17.7 Å². The minimum atomic E-state index is -1.02. The van der Waals surface area contributed by atoms with Crippen molar-refractivity contribution in [1.82, 2.24) is 14.9 Å². The predicted molar refractivity (Wildman–Crippen MR) is 72.4 cm³/mol. The molecule has 0 aromatic carbocycles. The smallest absolute Gasteiger partial charge is 0.384 e. The predicted octanol–water partition coefficient (Wildman–Crippen LogP) is 0.197. The van der Waals surface area contributed by atoms with Gasteiger partial charge in [0.25, 0.3) is 0 Å². The fraction of sp³-hybridized carbons (Fsp3) is 0.417. The highest BCUT2D eigenvalue weighted by molar-refractivity contribution is 5.83. The van der Waals surface area contributed by atoms with Gasteiger partial charge >= 0.3 is 11.8 Å². The first-order valence-electron chi connectivity index (χ1n) is 6.04. The Morgan fingerprint density at radius 3 is 2.81 bits per heavy atom. The van der Waals surface area contributed by atoms with Gasteiger partial charge in [-0.25, -0.2) is 4.79 Å². The summed E-state index contributed by atoms with van der Waals surface area (Å²) in [6, 6.07) is -1.02. The molecule has 0 bridgehead atoms. The first-order chi connectivity index (χ1) is 9.90. The van der Waals surface area contributed by atoms with Crippen LogP contribution in [-0.2, 0) is 27.3 Å². The van der Waals surface area contributed by atoms with Gasteiger partial charge in [0.2, 0.25) is 12.2 Å². The van der Waals surface area contributed by atoms with Crippen molar-refractivity contribution in [3.8, 4) is 0 Å². The molecule has 0 aliphatic carbocycles. The topological polar surface area (TPSA) is 116 Å². The Morgan fingerprint density at radius 1 is 1.67 bits per heavy atom. The third-order valence-corrected chi connectivity index (χ3v) is 2.68. The molecular weight excluding hydrogens is 280 g/mol. The highest BCUT2D eigenvalue weighted by atomic mass is 16.6. The molecule has 0 saturated heterocycles. The SMILES string of the molecule is C=CCn1cnc([N+](=O)[O-])c1CC(NC(C)=O)C(=O)OC. The highest BCUT2D eigenvalue weighted by Gasteiger charge is 2.28. The summed E-state index contributed by atoms with van der Waals surface area (Å²) < 4.78 is 6.08. The second-order valence-corrected chi connectivity index (χ2v) is 4.19. The van der Waals surface area contributed by atoms with Crippen molar-refractivity contribution in [2.24, 2.45) is 0 Å². The Kier molecular flexibility index (Phi) is 5.58. The lowest BCUT2D eigenvalue weighted by atomic mass is 10.1. The minimum Gasteiger partial charge on any atom is -0.467 e. The Hall–Kier alpha value is -2.71. The van der Waals surface area contributed by atoms with Gasteiger partial charge < -0.3 is 24.7 Å². The molecule has 0 radical (unpaired) electrons. The number of nitro groups is 1. The number of rotatable bonds is 7. The van der Waals surface area contributed by atoms with Crippen LogP contribution >= 0.6 is 0 Å². The molecule has 1 N–H and O–H groups in total. The minimum absolute atomic E-state index is 0.101. The van der Waals surface area contributed by atoms with Crippen LogP contribution in [0, 0.1) is 10.1 Å². The molecule has 1 atom stereocenters. The average molecular weight is 296 g/mol. The van der Waals surface area contributed by atoms with Crippen molar-refractivity contribution in [3.63, 3.8) is 0 Å². The molecule has 0 fully saturated rings. The van der Waals surface area contributed by atoms with E-state index >= 15 is 0 Å². The fourth-order valence-electron chi connectivity index (χ4n) is 1.83. The summed E-state index contributed by atoms with van der Waals surface area (Å²) in [7, 11) is 1.17. The molecule has 1 aromatic rings. The molecule has 1 aromatic heterocycles. The number of ether oxygens (including phenoxy) is 1. The number of hydrogen-bond donors (Lipinski definition) is 1. The lowest BCUT2D eigenvalue weighted by Crippen LogP contribution is -2.42. The number of esters is 1. The van der Waals surface area contributed by atoms with E-state index in [0.29, 0.717) is 6.54 Å². The van der Waals surface area contributed by atoms with Crippen LogP contribution in [0.3, 0.4) is 0 Å². The summed E-state index contributed by atoms with van der Waals surface area (Å²) in [4.78, 5) is 36.9. The van der Waals surface area contributed by atoms with E-state index in [1.165, 1.54) is 24.9 Å². The van der Waals surface area contributed by atoms with E-state index in [1.807, 2.05) is 0 Å². The number of nitrogens with zero attached hydrogens (tertiary/aromatic N) is 3. The van der Waals surface area contributed by atoms with Crippen molar-refractivity contribution in [2.45, 2.75) is 25.9 Å². The van der Waals surface area contributed by atoms with E-state index in [2.05, 4.69) is 21.6 Å². The first-order valence-corrected chi connectivity index (χ1v) is 6.04. The van der Waals surface area contributed by atoms with Gasteiger partial charge in [0.1, 0.15) is 11.7 Å². The maximum absolute atomic E-state index is 11.7. The zero-order chi connectivity index (χ0) is 16.0. The lowest BCUT2D eigenvalue weighted by Gasteiger charge is -2.15. The van der Waals surface area contributed by atoms with Crippen LogP contribution in [0.15, 0.2) is 19.0 Å². The Labute approximate surface area is 120 Å². The molecule has 114 valence electrons. The summed E-state index contributed by atoms with van der Waals surface area (Å²) in [5, 5.41) is 13.4. The largest absolute Gasteiger partial charge is 0.467 e. The molecule has 9 heteroatoms. The summed E-state index contributed by atoms with van der Waals surface area (Å²) in [6.07, 6.45) is 2.73. The van der Waals surface area contributed by atoms with Crippen molar-refractivity contribution in [3.05, 3.63) is 34.8 Å². The van der Waals surface area contributed by atoms with Crippen LogP contribution in [0.5, 0.6) is 0 Å². The van der Waals surface area contributed by atoms with Gasteiger partial charge in [0.05, 0.1) is 7.11 Å². The number of aromatic nitrogens is 2. The third-order valence-electron chi connectivity index (χ3n) is 2.68. The molecule has 1 unspecified atom stereocenters. The number of carbonyl (C=O) groups is 2. The number of allylic oxidation sites excluding steroid dienone is 1. The Morgan fingerprint density at radius 2 is 2.33 bits per heavy atom. The van der Waals surface area contributed by atoms with Crippen LogP contribution in [0.4, 0.5) is 5.82 Å². The van der Waals surface area contributed by atoms with Crippen molar-refractivity contribution in [1.29, 1.82) is 0 Å². The average Bonchev–Trinajstić information content (AvgIpc) is 2.80. The summed E-state index contributed by atoms with van der Waals surface area (Å²) >= 11 is 0. The standard InChI is InChI=1S/C12H16N4O5/c1-4-5-15-7-13-11(16(19)20)10(15)6-9(12(18)21-3)14-8(2)17/h4,7,9H,1,5-6H2,2-3H3,(H,14,17). The van der Waals surface area contributed by atoms with Crippen molar-refractivity contribution in [2.75, 3.05) is 7.11 Å². The van der Waals surface area contributed by atoms with E-state index in [1.54, 1.807) is 6.08 Å². The molecule has 0 saturated carbocycles. The maximum Gasteiger partial charge on any atom is 0.384 e. The Bertz CT molecular complexity index is 566. The lowest BCUT2D eigenvalue weighted by molar-refractivity contribution is -0.390. The second kappa shape index (κ2) is 7.17. The molecule has 0 aliphatic heterocycles. The van der Waals surface area contributed by atoms with Gasteiger partial charge in [0.15, 0.2) is 0 Å². The molecule has 1 rings (SSSR count). The van der Waals surface area contributed by atoms with Crippen LogP contribution in [0.2, 0.25) is 0 Å². The van der Waals surface area contributed by atoms with E-state index < -0.39 is 22.8 Å².